The number of para-hydroxylation sites is 1. The number of aromatic nitrogens is 2. The molecule has 1 aromatic heterocycles. The maximum absolute atomic E-state index is 10.2. The van der Waals surface area contributed by atoms with E-state index >= 15 is 0 Å². The number of imidazole rings is 1. The number of hydrogen-bond acceptors (Lipinski definition) is 10. The highest BCUT2D eigenvalue weighted by Crippen LogP contribution is 2.28. The SMILES string of the molecule is COc1ccccc1CON1CN=c2c(ncn2[C@@H]2O[C@H](CO)[C@@H](O)[C@H]2O)=C1N. The van der Waals surface area contributed by atoms with Gasteiger partial charge in [-0.25, -0.2) is 15.0 Å². The van der Waals surface area contributed by atoms with Crippen molar-refractivity contribution in [3.8, 4) is 5.75 Å². The van der Waals surface area contributed by atoms with Crippen LogP contribution in [0.4, 0.5) is 0 Å². The molecular formula is C18H23N5O6. The molecule has 29 heavy (non-hydrogen) atoms. The maximum atomic E-state index is 10.2. The summed E-state index contributed by atoms with van der Waals surface area (Å²) in [5.74, 6) is 0.963. The van der Waals surface area contributed by atoms with Gasteiger partial charge in [0.25, 0.3) is 0 Å². The molecule has 2 aliphatic rings. The number of aliphatic hydroxyl groups excluding tert-OH is 3. The minimum atomic E-state index is -1.23. The van der Waals surface area contributed by atoms with Crippen LogP contribution in [0.25, 0.3) is 5.82 Å². The van der Waals surface area contributed by atoms with Crippen molar-refractivity contribution in [1.29, 1.82) is 0 Å². The van der Waals surface area contributed by atoms with Crippen molar-refractivity contribution in [2.75, 3.05) is 20.4 Å². The Morgan fingerprint density at radius 1 is 1.28 bits per heavy atom. The average molecular weight is 405 g/mol. The van der Waals surface area contributed by atoms with Crippen LogP contribution in [0.15, 0.2) is 35.6 Å². The Morgan fingerprint density at radius 3 is 2.79 bits per heavy atom. The van der Waals surface area contributed by atoms with Crippen LogP contribution in [-0.2, 0) is 16.2 Å². The molecule has 4 rings (SSSR count). The summed E-state index contributed by atoms with van der Waals surface area (Å²) in [5.41, 5.74) is 7.46. The molecule has 0 radical (unpaired) electrons. The van der Waals surface area contributed by atoms with Crippen LogP contribution in [0.5, 0.6) is 5.75 Å². The first kappa shape index (κ1) is 19.6. The second-order valence-electron chi connectivity index (χ2n) is 6.70. The van der Waals surface area contributed by atoms with Crippen molar-refractivity contribution < 1.29 is 29.6 Å². The molecule has 11 heteroatoms. The number of rotatable bonds is 6. The van der Waals surface area contributed by atoms with Gasteiger partial charge in [-0.2, -0.15) is 0 Å². The number of hydrogen-bond donors (Lipinski definition) is 4. The number of nitrogens with zero attached hydrogens (tertiary/aromatic N) is 4. The van der Waals surface area contributed by atoms with Gasteiger partial charge in [-0.1, -0.05) is 18.2 Å². The second kappa shape index (κ2) is 7.97. The highest BCUT2D eigenvalue weighted by Gasteiger charge is 2.44. The first-order valence-electron chi connectivity index (χ1n) is 9.07. The fraction of sp³-hybridized carbons (Fsp3) is 0.444. The minimum Gasteiger partial charge on any atom is -0.496 e. The summed E-state index contributed by atoms with van der Waals surface area (Å²) in [6.45, 7) is -0.0822. The Hall–Kier alpha value is -2.70. The lowest BCUT2D eigenvalue weighted by molar-refractivity contribution is -0.124. The molecule has 0 amide bonds. The molecule has 0 aliphatic carbocycles. The van der Waals surface area contributed by atoms with Crippen molar-refractivity contribution in [1.82, 2.24) is 14.6 Å². The Balaban J connectivity index is 1.56. The van der Waals surface area contributed by atoms with Crippen LogP contribution >= 0.6 is 0 Å². The molecule has 1 saturated heterocycles. The molecule has 3 heterocycles. The molecule has 5 N–H and O–H groups in total. The molecule has 11 nitrogen and oxygen atoms in total. The number of aliphatic hydroxyl groups is 3. The fourth-order valence-corrected chi connectivity index (χ4v) is 3.39. The van der Waals surface area contributed by atoms with E-state index in [1.165, 1.54) is 16.0 Å². The molecular weight excluding hydrogens is 382 g/mol. The standard InChI is InChI=1S/C18H23N5O6/c1-27-11-5-3-2-4-10(11)7-28-23-9-21-17-13(16(23)19)20-8-22(17)18-15(26)14(25)12(6-24)29-18/h2-5,8,12,14-15,18,24-26H,6-7,9,19H2,1H3/t12-,14-,15-,18-/m1/s1. The Morgan fingerprint density at radius 2 is 2.07 bits per heavy atom. The van der Waals surface area contributed by atoms with Gasteiger partial charge in [-0.3, -0.25) is 9.40 Å². The lowest BCUT2D eigenvalue weighted by atomic mass is 10.1. The van der Waals surface area contributed by atoms with E-state index in [0.29, 0.717) is 16.6 Å². The first-order valence-corrected chi connectivity index (χ1v) is 9.07. The fourth-order valence-electron chi connectivity index (χ4n) is 3.39. The van der Waals surface area contributed by atoms with Crippen LogP contribution in [0, 0.1) is 0 Å². The van der Waals surface area contributed by atoms with E-state index in [-0.39, 0.29) is 19.1 Å². The van der Waals surface area contributed by atoms with E-state index in [0.717, 1.165) is 5.56 Å². The number of nitrogens with two attached hydrogens (primary N) is 1. The molecule has 156 valence electrons. The topological polar surface area (TPSA) is 148 Å². The van der Waals surface area contributed by atoms with Gasteiger partial charge < -0.3 is 30.5 Å². The van der Waals surface area contributed by atoms with Crippen molar-refractivity contribution in [3.05, 3.63) is 47.0 Å². The van der Waals surface area contributed by atoms with Gasteiger partial charge in [0.1, 0.15) is 42.7 Å². The second-order valence-corrected chi connectivity index (χ2v) is 6.70. The van der Waals surface area contributed by atoms with Gasteiger partial charge in [0.05, 0.1) is 20.0 Å². The maximum Gasteiger partial charge on any atom is 0.165 e. The van der Waals surface area contributed by atoms with Gasteiger partial charge in [-0.05, 0) is 6.07 Å². The molecule has 2 aliphatic heterocycles. The van der Waals surface area contributed by atoms with Crippen molar-refractivity contribution in [2.24, 2.45) is 10.7 Å². The van der Waals surface area contributed by atoms with Gasteiger partial charge in [0.2, 0.25) is 0 Å². The molecule has 1 fully saturated rings. The number of benzene rings is 1. The van der Waals surface area contributed by atoms with E-state index < -0.39 is 31.1 Å². The quantitative estimate of drug-likeness (QED) is 0.411. The molecule has 0 bridgehead atoms. The number of ether oxygens (including phenoxy) is 2. The highest BCUT2D eigenvalue weighted by atomic mass is 16.7. The predicted molar refractivity (Wildman–Crippen MR) is 98.1 cm³/mol. The summed E-state index contributed by atoms with van der Waals surface area (Å²) in [6.07, 6.45) is -2.85. The molecule has 0 spiro atoms. The van der Waals surface area contributed by atoms with Gasteiger partial charge >= 0.3 is 0 Å². The van der Waals surface area contributed by atoms with Crippen molar-refractivity contribution in [3.63, 3.8) is 0 Å². The summed E-state index contributed by atoms with van der Waals surface area (Å²) >= 11 is 0. The molecule has 0 saturated carbocycles. The predicted octanol–water partition coefficient (Wildman–Crippen LogP) is -2.45. The first-order chi connectivity index (χ1) is 14.0. The zero-order valence-electron chi connectivity index (χ0n) is 15.8. The minimum absolute atomic E-state index is 0.106. The number of hydroxylamine groups is 2. The molecule has 1 aromatic carbocycles. The highest BCUT2D eigenvalue weighted by molar-refractivity contribution is 5.35. The average Bonchev–Trinajstić information content (AvgIpc) is 3.29. The van der Waals surface area contributed by atoms with E-state index in [1.54, 1.807) is 7.11 Å². The zero-order valence-corrected chi connectivity index (χ0v) is 15.8. The number of fused-ring (bicyclic) bond motifs is 1. The smallest absolute Gasteiger partial charge is 0.165 e. The van der Waals surface area contributed by atoms with Gasteiger partial charge in [-0.15, -0.1) is 0 Å². The lowest BCUT2D eigenvalue weighted by Crippen LogP contribution is -2.47. The van der Waals surface area contributed by atoms with Crippen LogP contribution in [0.1, 0.15) is 11.8 Å². The molecule has 2 aromatic rings. The monoisotopic (exact) mass is 405 g/mol. The summed E-state index contributed by atoms with van der Waals surface area (Å²) < 4.78 is 12.3. The van der Waals surface area contributed by atoms with E-state index in [1.807, 2.05) is 24.3 Å². The van der Waals surface area contributed by atoms with Gasteiger partial charge in [0, 0.05) is 5.56 Å². The van der Waals surface area contributed by atoms with Crippen molar-refractivity contribution >= 4 is 5.82 Å². The summed E-state index contributed by atoms with van der Waals surface area (Å²) in [6, 6.07) is 7.48. The Labute approximate surface area is 165 Å². The van der Waals surface area contributed by atoms with Crippen LogP contribution in [0.2, 0.25) is 0 Å². The Kier molecular flexibility index (Phi) is 5.39. The summed E-state index contributed by atoms with van der Waals surface area (Å²) in [4.78, 5) is 14.5. The van der Waals surface area contributed by atoms with Crippen LogP contribution in [-0.4, -0.2) is 68.6 Å². The third-order valence-corrected chi connectivity index (χ3v) is 4.99. The van der Waals surface area contributed by atoms with Crippen LogP contribution < -0.4 is 21.3 Å². The number of methoxy groups -OCH3 is 1. The molecule has 0 unspecified atom stereocenters. The van der Waals surface area contributed by atoms with Gasteiger partial charge in [0.15, 0.2) is 17.5 Å². The molecule has 4 atom stereocenters. The third kappa shape index (κ3) is 3.43. The third-order valence-electron chi connectivity index (χ3n) is 4.99. The van der Waals surface area contributed by atoms with Crippen LogP contribution in [0.3, 0.4) is 0 Å². The normalized spacial score (nSPS) is 26.3. The zero-order chi connectivity index (χ0) is 20.5. The van der Waals surface area contributed by atoms with Crippen molar-refractivity contribution in [2.45, 2.75) is 31.1 Å². The lowest BCUT2D eigenvalue weighted by Gasteiger charge is -2.24. The summed E-state index contributed by atoms with van der Waals surface area (Å²) in [7, 11) is 1.59. The Bertz CT molecular complexity index is 995. The summed E-state index contributed by atoms with van der Waals surface area (Å²) in [5, 5.41) is 31.3. The largest absolute Gasteiger partial charge is 0.496 e. The van der Waals surface area contributed by atoms with E-state index in [2.05, 4.69) is 9.98 Å². The van der Waals surface area contributed by atoms with E-state index in [4.69, 9.17) is 20.0 Å². The van der Waals surface area contributed by atoms with E-state index in [9.17, 15) is 15.3 Å².